The van der Waals surface area contributed by atoms with Gasteiger partial charge >= 0.3 is 6.61 Å². The Hall–Kier alpha value is -2.89. The van der Waals surface area contributed by atoms with E-state index in [0.717, 1.165) is 12.0 Å². The Morgan fingerprint density at radius 3 is 2.65 bits per heavy atom. The number of rotatable bonds is 5. The SMILES string of the molecule is COc1cccc(/C=C/C(=O)N2CCc3ccccc3C2)c1OC(F)F. The van der Waals surface area contributed by atoms with Gasteiger partial charge in [-0.3, -0.25) is 4.79 Å². The van der Waals surface area contributed by atoms with E-state index in [4.69, 9.17) is 4.74 Å². The van der Waals surface area contributed by atoms with Crippen molar-refractivity contribution in [3.63, 3.8) is 0 Å². The number of methoxy groups -OCH3 is 1. The number of nitrogens with zero attached hydrogens (tertiary/aromatic N) is 1. The molecular weight excluding hydrogens is 340 g/mol. The summed E-state index contributed by atoms with van der Waals surface area (Å²) in [5.74, 6) is -0.0739. The number of carbonyl (C=O) groups excluding carboxylic acids is 1. The van der Waals surface area contributed by atoms with Crippen LogP contribution in [0.3, 0.4) is 0 Å². The van der Waals surface area contributed by atoms with Gasteiger partial charge in [-0.05, 0) is 29.7 Å². The van der Waals surface area contributed by atoms with E-state index in [1.54, 1.807) is 17.0 Å². The van der Waals surface area contributed by atoms with E-state index in [1.165, 1.54) is 30.9 Å². The third kappa shape index (κ3) is 4.02. The highest BCUT2D eigenvalue weighted by Crippen LogP contribution is 2.33. The van der Waals surface area contributed by atoms with Gasteiger partial charge in [-0.15, -0.1) is 0 Å². The number of carbonyl (C=O) groups is 1. The van der Waals surface area contributed by atoms with E-state index in [1.807, 2.05) is 18.2 Å². The summed E-state index contributed by atoms with van der Waals surface area (Å²) in [6.07, 6.45) is 3.65. The number of hydrogen-bond donors (Lipinski definition) is 0. The minimum Gasteiger partial charge on any atom is -0.493 e. The Morgan fingerprint density at radius 1 is 1.15 bits per heavy atom. The first kappa shape index (κ1) is 17.9. The van der Waals surface area contributed by atoms with Crippen molar-refractivity contribution in [2.75, 3.05) is 13.7 Å². The largest absolute Gasteiger partial charge is 0.493 e. The standard InChI is InChI=1S/C20H19F2NO3/c1-25-17-8-4-7-15(19(17)26-20(21)22)9-10-18(24)23-12-11-14-5-2-3-6-16(14)13-23/h2-10,20H,11-13H2,1H3/b10-9+. The Bertz CT molecular complexity index is 820. The van der Waals surface area contributed by atoms with Crippen molar-refractivity contribution in [2.45, 2.75) is 19.6 Å². The van der Waals surface area contributed by atoms with Gasteiger partial charge in [0.1, 0.15) is 0 Å². The second-order valence-electron chi connectivity index (χ2n) is 5.87. The number of alkyl halides is 2. The lowest BCUT2D eigenvalue weighted by Crippen LogP contribution is -2.34. The van der Waals surface area contributed by atoms with Gasteiger partial charge in [0.25, 0.3) is 0 Å². The van der Waals surface area contributed by atoms with Crippen LogP contribution < -0.4 is 9.47 Å². The normalized spacial score (nSPS) is 13.8. The van der Waals surface area contributed by atoms with Crippen LogP contribution in [0.1, 0.15) is 16.7 Å². The van der Waals surface area contributed by atoms with Crippen LogP contribution in [-0.2, 0) is 17.8 Å². The van der Waals surface area contributed by atoms with Crippen molar-refractivity contribution < 1.29 is 23.0 Å². The molecule has 0 radical (unpaired) electrons. The molecule has 2 aromatic carbocycles. The highest BCUT2D eigenvalue weighted by atomic mass is 19.3. The van der Waals surface area contributed by atoms with Gasteiger partial charge in [-0.25, -0.2) is 0 Å². The molecule has 0 unspecified atom stereocenters. The number of hydrogen-bond acceptors (Lipinski definition) is 3. The summed E-state index contributed by atoms with van der Waals surface area (Å²) >= 11 is 0. The Kier molecular flexibility index (Phi) is 5.51. The molecule has 0 saturated carbocycles. The van der Waals surface area contributed by atoms with Gasteiger partial charge in [-0.2, -0.15) is 8.78 Å². The van der Waals surface area contributed by atoms with E-state index in [9.17, 15) is 13.6 Å². The predicted molar refractivity (Wildman–Crippen MR) is 94.2 cm³/mol. The summed E-state index contributed by atoms with van der Waals surface area (Å²) < 4.78 is 35.0. The van der Waals surface area contributed by atoms with Crippen LogP contribution in [0.25, 0.3) is 6.08 Å². The second-order valence-corrected chi connectivity index (χ2v) is 5.87. The fourth-order valence-corrected chi connectivity index (χ4v) is 2.99. The number of fused-ring (bicyclic) bond motifs is 1. The number of ether oxygens (including phenoxy) is 2. The number of amides is 1. The highest BCUT2D eigenvalue weighted by Gasteiger charge is 2.19. The fraction of sp³-hybridized carbons (Fsp3) is 0.250. The molecule has 0 aliphatic carbocycles. The van der Waals surface area contributed by atoms with Gasteiger partial charge < -0.3 is 14.4 Å². The fourth-order valence-electron chi connectivity index (χ4n) is 2.99. The van der Waals surface area contributed by atoms with Gasteiger partial charge in [0.2, 0.25) is 5.91 Å². The molecule has 0 N–H and O–H groups in total. The minimum atomic E-state index is -2.98. The molecule has 4 nitrogen and oxygen atoms in total. The molecule has 136 valence electrons. The van der Waals surface area contributed by atoms with Crippen molar-refractivity contribution in [3.8, 4) is 11.5 Å². The van der Waals surface area contributed by atoms with E-state index < -0.39 is 6.61 Å². The monoisotopic (exact) mass is 359 g/mol. The van der Waals surface area contributed by atoms with Crippen LogP contribution >= 0.6 is 0 Å². The number of para-hydroxylation sites is 1. The molecule has 0 spiro atoms. The molecule has 0 fully saturated rings. The molecule has 1 aliphatic rings. The number of halogens is 2. The topological polar surface area (TPSA) is 38.8 Å². The third-order valence-electron chi connectivity index (χ3n) is 4.28. The molecule has 3 rings (SSSR count). The summed E-state index contributed by atoms with van der Waals surface area (Å²) in [5, 5.41) is 0. The molecule has 0 saturated heterocycles. The molecular formula is C20H19F2NO3. The minimum absolute atomic E-state index is 0.0851. The predicted octanol–water partition coefficient (Wildman–Crippen LogP) is 3.89. The van der Waals surface area contributed by atoms with Crippen LogP contribution in [-0.4, -0.2) is 31.1 Å². The van der Waals surface area contributed by atoms with Gasteiger partial charge in [0.15, 0.2) is 11.5 Å². The third-order valence-corrected chi connectivity index (χ3v) is 4.28. The van der Waals surface area contributed by atoms with Crippen LogP contribution in [0.15, 0.2) is 48.5 Å². The van der Waals surface area contributed by atoms with Crippen LogP contribution in [0.2, 0.25) is 0 Å². The maximum Gasteiger partial charge on any atom is 0.387 e. The maximum atomic E-state index is 12.7. The van der Waals surface area contributed by atoms with E-state index in [2.05, 4.69) is 10.8 Å². The molecule has 0 aromatic heterocycles. The summed E-state index contributed by atoms with van der Waals surface area (Å²) in [4.78, 5) is 14.2. The average molecular weight is 359 g/mol. The molecule has 26 heavy (non-hydrogen) atoms. The first-order chi connectivity index (χ1) is 12.6. The summed E-state index contributed by atoms with van der Waals surface area (Å²) in [5.41, 5.74) is 2.74. The molecule has 0 bridgehead atoms. The molecule has 0 atom stereocenters. The quantitative estimate of drug-likeness (QED) is 0.760. The van der Waals surface area contributed by atoms with Crippen LogP contribution in [0.5, 0.6) is 11.5 Å². The molecule has 1 amide bonds. The molecule has 6 heteroatoms. The Labute approximate surface area is 150 Å². The highest BCUT2D eigenvalue weighted by molar-refractivity contribution is 5.92. The lowest BCUT2D eigenvalue weighted by molar-refractivity contribution is -0.126. The van der Waals surface area contributed by atoms with Gasteiger partial charge in [0, 0.05) is 24.7 Å². The smallest absolute Gasteiger partial charge is 0.387 e. The van der Waals surface area contributed by atoms with E-state index >= 15 is 0 Å². The summed E-state index contributed by atoms with van der Waals surface area (Å²) in [7, 11) is 1.37. The zero-order valence-corrected chi connectivity index (χ0v) is 14.3. The lowest BCUT2D eigenvalue weighted by Gasteiger charge is -2.27. The Balaban J connectivity index is 1.77. The maximum absolute atomic E-state index is 12.7. The van der Waals surface area contributed by atoms with Crippen molar-refractivity contribution in [3.05, 3.63) is 65.2 Å². The number of benzene rings is 2. The van der Waals surface area contributed by atoms with Gasteiger partial charge in [-0.1, -0.05) is 36.4 Å². The van der Waals surface area contributed by atoms with Crippen molar-refractivity contribution >= 4 is 12.0 Å². The van der Waals surface area contributed by atoms with Gasteiger partial charge in [0.05, 0.1) is 7.11 Å². The zero-order valence-electron chi connectivity index (χ0n) is 14.3. The molecule has 1 aliphatic heterocycles. The van der Waals surface area contributed by atoms with Crippen LogP contribution in [0.4, 0.5) is 8.78 Å². The first-order valence-corrected chi connectivity index (χ1v) is 8.24. The Morgan fingerprint density at radius 2 is 1.92 bits per heavy atom. The average Bonchev–Trinajstić information content (AvgIpc) is 2.66. The van der Waals surface area contributed by atoms with Crippen LogP contribution in [0, 0.1) is 0 Å². The molecule has 2 aromatic rings. The summed E-state index contributed by atoms with van der Waals surface area (Å²) in [6, 6.07) is 12.8. The van der Waals surface area contributed by atoms with Crippen molar-refractivity contribution in [1.29, 1.82) is 0 Å². The van der Waals surface area contributed by atoms with E-state index in [-0.39, 0.29) is 17.4 Å². The second kappa shape index (κ2) is 7.99. The zero-order chi connectivity index (χ0) is 18.5. The van der Waals surface area contributed by atoms with E-state index in [0.29, 0.717) is 18.7 Å². The molecule has 1 heterocycles. The lowest BCUT2D eigenvalue weighted by atomic mass is 10.00. The van der Waals surface area contributed by atoms with Crippen molar-refractivity contribution in [1.82, 2.24) is 4.90 Å². The summed E-state index contributed by atoms with van der Waals surface area (Å²) in [6.45, 7) is -1.82. The van der Waals surface area contributed by atoms with Crippen molar-refractivity contribution in [2.24, 2.45) is 0 Å². The first-order valence-electron chi connectivity index (χ1n) is 8.24.